The minimum absolute atomic E-state index is 0.283. The number of thioether (sulfide) groups is 1. The molecule has 0 aliphatic rings. The van der Waals surface area contributed by atoms with Gasteiger partial charge in [0, 0.05) is 30.2 Å². The highest BCUT2D eigenvalue weighted by molar-refractivity contribution is 7.98. The summed E-state index contributed by atoms with van der Waals surface area (Å²) in [7, 11) is -3.49. The van der Waals surface area contributed by atoms with E-state index in [9.17, 15) is 8.42 Å². The first-order valence-corrected chi connectivity index (χ1v) is 10.7. The van der Waals surface area contributed by atoms with Gasteiger partial charge in [-0.2, -0.15) is 0 Å². The third-order valence-corrected chi connectivity index (χ3v) is 6.06. The van der Waals surface area contributed by atoms with Crippen molar-refractivity contribution >= 4 is 27.5 Å². The van der Waals surface area contributed by atoms with Gasteiger partial charge >= 0.3 is 0 Å². The van der Waals surface area contributed by atoms with Crippen molar-refractivity contribution in [2.45, 2.75) is 30.2 Å². The summed E-state index contributed by atoms with van der Waals surface area (Å²) in [5.74, 6) is 0. The van der Waals surface area contributed by atoms with Crippen molar-refractivity contribution < 1.29 is 8.42 Å². The molecule has 4 nitrogen and oxygen atoms in total. The Morgan fingerprint density at radius 3 is 2.04 bits per heavy atom. The van der Waals surface area contributed by atoms with Crippen LogP contribution in [-0.2, 0) is 16.6 Å². The van der Waals surface area contributed by atoms with E-state index in [2.05, 4.69) is 23.5 Å². The predicted octanol–water partition coefficient (Wildman–Crippen LogP) is 3.73. The Morgan fingerprint density at radius 1 is 0.958 bits per heavy atom. The van der Waals surface area contributed by atoms with E-state index in [4.69, 9.17) is 0 Å². The monoisotopic (exact) mass is 364 g/mol. The fourth-order valence-corrected chi connectivity index (χ4v) is 3.86. The maximum Gasteiger partial charge on any atom is 0.240 e. The molecule has 24 heavy (non-hydrogen) atoms. The lowest BCUT2D eigenvalue weighted by molar-refractivity contribution is 0.581. The van der Waals surface area contributed by atoms with Gasteiger partial charge in [-0.25, -0.2) is 13.1 Å². The minimum atomic E-state index is -3.49. The summed E-state index contributed by atoms with van der Waals surface area (Å²) in [5, 5.41) is 0. The summed E-state index contributed by atoms with van der Waals surface area (Å²) < 4.78 is 27.4. The van der Waals surface area contributed by atoms with Crippen LogP contribution in [0.3, 0.4) is 0 Å². The van der Waals surface area contributed by atoms with Crippen molar-refractivity contribution in [3.63, 3.8) is 0 Å². The van der Waals surface area contributed by atoms with Crippen LogP contribution < -0.4 is 9.62 Å². The van der Waals surface area contributed by atoms with Gasteiger partial charge in [-0.05, 0) is 62.1 Å². The summed E-state index contributed by atoms with van der Waals surface area (Å²) in [6.07, 6.45) is 1.96. The SMILES string of the molecule is CCN(CC)c1ccc(CNS(=O)(=O)c2ccc(SC)cc2)cc1. The summed E-state index contributed by atoms with van der Waals surface area (Å²) >= 11 is 1.59. The number of nitrogens with one attached hydrogen (secondary N) is 1. The lowest BCUT2D eigenvalue weighted by atomic mass is 10.2. The molecule has 0 unspecified atom stereocenters. The average molecular weight is 365 g/mol. The van der Waals surface area contributed by atoms with Gasteiger partial charge in [0.25, 0.3) is 0 Å². The van der Waals surface area contributed by atoms with Crippen LogP contribution in [0.5, 0.6) is 0 Å². The van der Waals surface area contributed by atoms with Crippen LogP contribution in [0.4, 0.5) is 5.69 Å². The second-order valence-corrected chi connectivity index (χ2v) is 7.99. The molecule has 0 aliphatic carbocycles. The van der Waals surface area contributed by atoms with Gasteiger partial charge in [-0.1, -0.05) is 12.1 Å². The Hall–Kier alpha value is -1.50. The number of hydrogen-bond acceptors (Lipinski definition) is 4. The first-order chi connectivity index (χ1) is 11.5. The number of nitrogens with zero attached hydrogens (tertiary/aromatic N) is 1. The Labute approximate surface area is 149 Å². The van der Waals surface area contributed by atoms with E-state index in [-0.39, 0.29) is 6.54 Å². The smallest absolute Gasteiger partial charge is 0.240 e. The second-order valence-electron chi connectivity index (χ2n) is 5.34. The first-order valence-electron chi connectivity index (χ1n) is 7.97. The molecular weight excluding hydrogens is 340 g/mol. The van der Waals surface area contributed by atoms with Crippen LogP contribution in [0.15, 0.2) is 58.3 Å². The van der Waals surface area contributed by atoms with Crippen molar-refractivity contribution in [1.82, 2.24) is 4.72 Å². The van der Waals surface area contributed by atoms with Crippen LogP contribution >= 0.6 is 11.8 Å². The van der Waals surface area contributed by atoms with Crippen LogP contribution in [-0.4, -0.2) is 27.8 Å². The number of rotatable bonds is 8. The maximum absolute atomic E-state index is 12.3. The molecule has 0 saturated carbocycles. The van der Waals surface area contributed by atoms with Crippen LogP contribution in [0.1, 0.15) is 19.4 Å². The van der Waals surface area contributed by atoms with Gasteiger partial charge in [0.1, 0.15) is 0 Å². The molecule has 0 saturated heterocycles. The van der Waals surface area contributed by atoms with Crippen molar-refractivity contribution in [3.8, 4) is 0 Å². The van der Waals surface area contributed by atoms with Gasteiger partial charge in [-0.3, -0.25) is 0 Å². The highest BCUT2D eigenvalue weighted by atomic mass is 32.2. The van der Waals surface area contributed by atoms with Crippen molar-refractivity contribution in [1.29, 1.82) is 0 Å². The van der Waals surface area contributed by atoms with Gasteiger partial charge in [0.2, 0.25) is 10.0 Å². The van der Waals surface area contributed by atoms with Crippen LogP contribution in [0, 0.1) is 0 Å². The molecule has 0 aromatic heterocycles. The lowest BCUT2D eigenvalue weighted by Crippen LogP contribution is -2.23. The molecule has 130 valence electrons. The zero-order chi connectivity index (χ0) is 17.6. The van der Waals surface area contributed by atoms with Crippen LogP contribution in [0.25, 0.3) is 0 Å². The Morgan fingerprint density at radius 2 is 1.54 bits per heavy atom. The number of sulfonamides is 1. The molecule has 0 bridgehead atoms. The molecule has 2 aromatic carbocycles. The molecule has 0 atom stereocenters. The quantitative estimate of drug-likeness (QED) is 0.725. The Balaban J connectivity index is 2.03. The van der Waals surface area contributed by atoms with E-state index < -0.39 is 10.0 Å². The summed E-state index contributed by atoms with van der Waals surface area (Å²) in [6, 6.07) is 14.9. The molecule has 0 spiro atoms. The van der Waals surface area contributed by atoms with E-state index in [1.54, 1.807) is 23.9 Å². The third-order valence-electron chi connectivity index (χ3n) is 3.90. The first kappa shape index (κ1) is 18.8. The zero-order valence-corrected chi connectivity index (χ0v) is 16.0. The van der Waals surface area contributed by atoms with E-state index in [0.29, 0.717) is 4.90 Å². The van der Waals surface area contributed by atoms with Crippen molar-refractivity contribution in [3.05, 3.63) is 54.1 Å². The summed E-state index contributed by atoms with van der Waals surface area (Å²) in [5.41, 5.74) is 2.09. The molecular formula is C18H24N2O2S2. The normalized spacial score (nSPS) is 11.5. The van der Waals surface area contributed by atoms with Gasteiger partial charge < -0.3 is 4.90 Å². The molecule has 0 aliphatic heterocycles. The Bertz CT molecular complexity index is 738. The predicted molar refractivity (Wildman–Crippen MR) is 102 cm³/mol. The molecule has 0 radical (unpaired) electrons. The zero-order valence-electron chi connectivity index (χ0n) is 14.3. The van der Waals surface area contributed by atoms with Crippen molar-refractivity contribution in [2.24, 2.45) is 0 Å². The maximum atomic E-state index is 12.3. The minimum Gasteiger partial charge on any atom is -0.372 e. The van der Waals surface area contributed by atoms with Crippen molar-refractivity contribution in [2.75, 3.05) is 24.2 Å². The van der Waals surface area contributed by atoms with E-state index in [1.807, 2.05) is 42.7 Å². The molecule has 0 amide bonds. The van der Waals surface area contributed by atoms with E-state index in [0.717, 1.165) is 29.2 Å². The molecule has 0 heterocycles. The molecule has 0 fully saturated rings. The molecule has 2 aromatic rings. The van der Waals surface area contributed by atoms with Gasteiger partial charge in [0.15, 0.2) is 0 Å². The lowest BCUT2D eigenvalue weighted by Gasteiger charge is -2.21. The summed E-state index contributed by atoms with van der Waals surface area (Å²) in [6.45, 7) is 6.43. The van der Waals surface area contributed by atoms with E-state index in [1.165, 1.54) is 0 Å². The number of benzene rings is 2. The highest BCUT2D eigenvalue weighted by Gasteiger charge is 2.13. The average Bonchev–Trinajstić information content (AvgIpc) is 2.62. The summed E-state index contributed by atoms with van der Waals surface area (Å²) in [4.78, 5) is 3.59. The Kier molecular flexibility index (Phi) is 6.71. The fraction of sp³-hybridized carbons (Fsp3) is 0.333. The second kappa shape index (κ2) is 8.55. The standard InChI is InChI=1S/C18H24N2O2S2/c1-4-20(5-2)16-8-6-15(7-9-16)14-19-24(21,22)18-12-10-17(23-3)11-13-18/h6-13,19H,4-5,14H2,1-3H3. The molecule has 1 N–H and O–H groups in total. The number of anilines is 1. The fourth-order valence-electron chi connectivity index (χ4n) is 2.43. The largest absolute Gasteiger partial charge is 0.372 e. The van der Waals surface area contributed by atoms with Gasteiger partial charge in [0.05, 0.1) is 4.90 Å². The van der Waals surface area contributed by atoms with Crippen LogP contribution in [0.2, 0.25) is 0 Å². The highest BCUT2D eigenvalue weighted by Crippen LogP contribution is 2.18. The van der Waals surface area contributed by atoms with E-state index >= 15 is 0 Å². The third kappa shape index (κ3) is 4.75. The molecule has 6 heteroatoms. The topological polar surface area (TPSA) is 49.4 Å². The number of hydrogen-bond donors (Lipinski definition) is 1. The van der Waals surface area contributed by atoms with Gasteiger partial charge in [-0.15, -0.1) is 11.8 Å². The molecule has 2 rings (SSSR count).